The van der Waals surface area contributed by atoms with Gasteiger partial charge in [-0.25, -0.2) is 0 Å². The molecule has 1 fully saturated rings. The molecule has 0 spiro atoms. The molecule has 6 nitrogen and oxygen atoms in total. The molecule has 0 saturated heterocycles. The van der Waals surface area contributed by atoms with Crippen LogP contribution in [0.4, 0.5) is 5.69 Å². The van der Waals surface area contributed by atoms with Crippen LogP contribution in [0.25, 0.3) is 0 Å². The number of nitriles is 1. The predicted molar refractivity (Wildman–Crippen MR) is 82.9 cm³/mol. The third-order valence-corrected chi connectivity index (χ3v) is 3.48. The zero-order valence-corrected chi connectivity index (χ0v) is 12.2. The summed E-state index contributed by atoms with van der Waals surface area (Å²) in [5, 5.41) is 20.1. The van der Waals surface area contributed by atoms with Crippen molar-refractivity contribution in [1.82, 2.24) is 0 Å². The minimum atomic E-state index is -0.391. The van der Waals surface area contributed by atoms with E-state index in [0.717, 1.165) is 12.8 Å². The second-order valence-corrected chi connectivity index (χ2v) is 5.17. The number of halogens is 1. The minimum absolute atomic E-state index is 0.183. The van der Waals surface area contributed by atoms with E-state index in [9.17, 15) is 0 Å². The highest BCUT2D eigenvalue weighted by Gasteiger charge is 2.17. The molecule has 1 saturated carbocycles. The Morgan fingerprint density at radius 1 is 1.48 bits per heavy atom. The zero-order chi connectivity index (χ0) is 15.2. The van der Waals surface area contributed by atoms with Crippen LogP contribution in [0.15, 0.2) is 23.3 Å². The number of hydrogen-bond donors (Lipinski definition) is 3. The molecule has 1 aromatic rings. The molecule has 0 amide bonds. The summed E-state index contributed by atoms with van der Waals surface area (Å²) in [6, 6.07) is 6.89. The van der Waals surface area contributed by atoms with Crippen LogP contribution < -0.4 is 15.9 Å². The van der Waals surface area contributed by atoms with E-state index in [0.29, 0.717) is 16.5 Å². The number of hydrogen-bond acceptors (Lipinski definition) is 5. The average molecular weight is 306 g/mol. The lowest BCUT2D eigenvalue weighted by molar-refractivity contribution is 0.210. The van der Waals surface area contributed by atoms with Gasteiger partial charge in [-0.15, -0.1) is 0 Å². The van der Waals surface area contributed by atoms with Crippen molar-refractivity contribution in [2.75, 3.05) is 5.43 Å². The maximum absolute atomic E-state index is 8.74. The number of ether oxygens (including phenoxy) is 1. The van der Waals surface area contributed by atoms with Gasteiger partial charge in [-0.2, -0.15) is 10.4 Å². The Morgan fingerprint density at radius 2 is 2.19 bits per heavy atom. The van der Waals surface area contributed by atoms with E-state index in [2.05, 4.69) is 10.5 Å². The molecule has 0 bridgehead atoms. The molecule has 1 aromatic carbocycles. The smallest absolute Gasteiger partial charge is 0.201 e. The van der Waals surface area contributed by atoms with Crippen LogP contribution in [0.5, 0.6) is 5.75 Å². The summed E-state index contributed by atoms with van der Waals surface area (Å²) in [4.78, 5) is 0. The van der Waals surface area contributed by atoms with E-state index >= 15 is 0 Å². The molecule has 0 aromatic heterocycles. The van der Waals surface area contributed by atoms with Crippen molar-refractivity contribution in [2.24, 2.45) is 10.8 Å². The van der Waals surface area contributed by atoms with Crippen molar-refractivity contribution < 1.29 is 4.74 Å². The molecule has 0 heterocycles. The molecular weight excluding hydrogens is 290 g/mol. The number of rotatable bonds is 5. The molecule has 0 radical (unpaired) electrons. The fraction of sp³-hybridized carbons (Fsp3) is 0.357. The standard InChI is InChI=1S/C14H16ClN5O/c15-11-7-9(19-20-12(8-16)14(17)18)5-6-13(11)21-10-3-1-2-4-10/h5-7,10,19H,1-4H2,(H3,17,18)/b20-12+. The Balaban J connectivity index is 2.05. The molecule has 0 unspecified atom stereocenters. The molecule has 4 N–H and O–H groups in total. The molecule has 7 heteroatoms. The monoisotopic (exact) mass is 305 g/mol. The first-order valence-electron chi connectivity index (χ1n) is 6.64. The van der Waals surface area contributed by atoms with Crippen molar-refractivity contribution in [3.8, 4) is 11.8 Å². The lowest BCUT2D eigenvalue weighted by Gasteiger charge is -2.14. The van der Waals surface area contributed by atoms with Gasteiger partial charge in [-0.1, -0.05) is 11.6 Å². The van der Waals surface area contributed by atoms with Crippen molar-refractivity contribution in [1.29, 1.82) is 10.7 Å². The Kier molecular flexibility index (Phi) is 5.01. The maximum atomic E-state index is 8.74. The Morgan fingerprint density at radius 3 is 2.76 bits per heavy atom. The number of hydrazone groups is 1. The maximum Gasteiger partial charge on any atom is 0.201 e. The van der Waals surface area contributed by atoms with Crippen LogP contribution in [0.1, 0.15) is 25.7 Å². The second kappa shape index (κ2) is 6.95. The van der Waals surface area contributed by atoms with E-state index in [1.807, 2.05) is 0 Å². The quantitative estimate of drug-likeness (QED) is 0.441. The summed E-state index contributed by atoms with van der Waals surface area (Å²) in [5.41, 5.74) is 8.25. The van der Waals surface area contributed by atoms with Crippen LogP contribution >= 0.6 is 11.6 Å². The topological polar surface area (TPSA) is 107 Å². The fourth-order valence-electron chi connectivity index (χ4n) is 2.12. The number of nitrogens with zero attached hydrogens (tertiary/aromatic N) is 2. The predicted octanol–water partition coefficient (Wildman–Crippen LogP) is 2.89. The molecule has 0 atom stereocenters. The van der Waals surface area contributed by atoms with Crippen LogP contribution in [0, 0.1) is 16.7 Å². The SMILES string of the molecule is N#C/C(=N\Nc1ccc(OC2CCCC2)c(Cl)c1)C(=N)N. The zero-order valence-electron chi connectivity index (χ0n) is 11.4. The first kappa shape index (κ1) is 15.1. The number of anilines is 1. The van der Waals surface area contributed by atoms with Gasteiger partial charge in [0.05, 0.1) is 16.8 Å². The Labute approximate surface area is 128 Å². The van der Waals surface area contributed by atoms with Crippen LogP contribution in [-0.4, -0.2) is 17.7 Å². The summed E-state index contributed by atoms with van der Waals surface area (Å²) >= 11 is 6.17. The van der Waals surface area contributed by atoms with Gasteiger partial charge in [0.2, 0.25) is 5.71 Å². The van der Waals surface area contributed by atoms with E-state index in [4.69, 9.17) is 32.7 Å². The third-order valence-electron chi connectivity index (χ3n) is 3.19. The Bertz CT molecular complexity index is 602. The van der Waals surface area contributed by atoms with E-state index in [1.165, 1.54) is 12.8 Å². The van der Waals surface area contributed by atoms with Crippen LogP contribution in [0.2, 0.25) is 5.02 Å². The Hall–Kier alpha value is -2.26. The fourth-order valence-corrected chi connectivity index (χ4v) is 2.34. The summed E-state index contributed by atoms with van der Waals surface area (Å²) in [7, 11) is 0. The van der Waals surface area contributed by atoms with Crippen molar-refractivity contribution in [3.05, 3.63) is 23.2 Å². The summed E-state index contributed by atoms with van der Waals surface area (Å²) in [6.45, 7) is 0. The van der Waals surface area contributed by atoms with Gasteiger partial charge in [0.1, 0.15) is 11.8 Å². The molecular formula is C14H16ClN5O. The third kappa shape index (κ3) is 4.10. The van der Waals surface area contributed by atoms with E-state index < -0.39 is 5.84 Å². The molecule has 21 heavy (non-hydrogen) atoms. The lowest BCUT2D eigenvalue weighted by atomic mass is 10.3. The largest absolute Gasteiger partial charge is 0.489 e. The molecule has 2 rings (SSSR count). The summed E-state index contributed by atoms with van der Waals surface area (Å²) < 4.78 is 5.84. The first-order chi connectivity index (χ1) is 10.1. The van der Waals surface area contributed by atoms with Crippen molar-refractivity contribution in [3.63, 3.8) is 0 Å². The summed E-state index contributed by atoms with van der Waals surface area (Å²) in [5.74, 6) is 0.252. The highest BCUT2D eigenvalue weighted by Crippen LogP contribution is 2.31. The van der Waals surface area contributed by atoms with Gasteiger partial charge in [0, 0.05) is 0 Å². The molecule has 110 valence electrons. The first-order valence-corrected chi connectivity index (χ1v) is 7.02. The highest BCUT2D eigenvalue weighted by atomic mass is 35.5. The van der Waals surface area contributed by atoms with Crippen molar-refractivity contribution >= 4 is 28.8 Å². The van der Waals surface area contributed by atoms with Gasteiger partial charge < -0.3 is 10.5 Å². The summed E-state index contributed by atoms with van der Waals surface area (Å²) in [6.07, 6.45) is 4.74. The normalized spacial score (nSPS) is 15.5. The van der Waals surface area contributed by atoms with Crippen LogP contribution in [0.3, 0.4) is 0 Å². The molecule has 1 aliphatic rings. The average Bonchev–Trinajstić information content (AvgIpc) is 2.95. The number of benzene rings is 1. The van der Waals surface area contributed by atoms with Crippen molar-refractivity contribution in [2.45, 2.75) is 31.8 Å². The van der Waals surface area contributed by atoms with Gasteiger partial charge in [0.25, 0.3) is 0 Å². The van der Waals surface area contributed by atoms with Crippen LogP contribution in [-0.2, 0) is 0 Å². The van der Waals surface area contributed by atoms with Gasteiger partial charge in [-0.3, -0.25) is 10.8 Å². The second-order valence-electron chi connectivity index (χ2n) is 4.77. The van der Waals surface area contributed by atoms with Gasteiger partial charge >= 0.3 is 0 Å². The van der Waals surface area contributed by atoms with E-state index in [-0.39, 0.29) is 11.8 Å². The molecule has 0 aliphatic heterocycles. The lowest BCUT2D eigenvalue weighted by Crippen LogP contribution is -2.21. The van der Waals surface area contributed by atoms with E-state index in [1.54, 1.807) is 24.3 Å². The van der Waals surface area contributed by atoms with Gasteiger partial charge in [0.15, 0.2) is 5.84 Å². The van der Waals surface area contributed by atoms with Gasteiger partial charge in [-0.05, 0) is 43.9 Å². The minimum Gasteiger partial charge on any atom is -0.489 e. The number of amidine groups is 1. The number of nitrogens with one attached hydrogen (secondary N) is 2. The highest BCUT2D eigenvalue weighted by molar-refractivity contribution is 6.45. The molecule has 1 aliphatic carbocycles. The number of nitrogens with two attached hydrogens (primary N) is 1.